The van der Waals surface area contributed by atoms with Gasteiger partial charge in [0.2, 0.25) is 0 Å². The summed E-state index contributed by atoms with van der Waals surface area (Å²) in [5.41, 5.74) is 0. The van der Waals surface area contributed by atoms with Crippen LogP contribution < -0.4 is 5.32 Å². The van der Waals surface area contributed by atoms with E-state index in [1.807, 2.05) is 12.3 Å². The molecule has 1 aromatic rings. The lowest BCUT2D eigenvalue weighted by Gasteiger charge is -2.19. The summed E-state index contributed by atoms with van der Waals surface area (Å²) >= 11 is 1.62. The average Bonchev–Trinajstić information content (AvgIpc) is 2.77. The first-order valence-electron chi connectivity index (χ1n) is 5.07. The summed E-state index contributed by atoms with van der Waals surface area (Å²) in [5, 5.41) is 6.30. The number of hydrogen-bond acceptors (Lipinski definition) is 3. The van der Waals surface area contributed by atoms with Crippen molar-refractivity contribution in [1.29, 1.82) is 0 Å². The molecule has 1 aliphatic carbocycles. The molecule has 0 amide bonds. The monoisotopic (exact) mass is 214 g/mol. The minimum atomic E-state index is -0.669. The summed E-state index contributed by atoms with van der Waals surface area (Å²) < 4.78 is 13.3. The van der Waals surface area contributed by atoms with E-state index in [2.05, 4.69) is 10.3 Å². The summed E-state index contributed by atoms with van der Waals surface area (Å²) in [5.74, 6) is 0. The maximum absolute atomic E-state index is 13.3. The Morgan fingerprint density at radius 3 is 3.07 bits per heavy atom. The molecule has 1 heterocycles. The second-order valence-electron chi connectivity index (χ2n) is 3.81. The van der Waals surface area contributed by atoms with Crippen molar-refractivity contribution in [1.82, 2.24) is 10.3 Å². The predicted molar refractivity (Wildman–Crippen MR) is 56.2 cm³/mol. The maximum Gasteiger partial charge on any atom is 0.115 e. The molecule has 1 fully saturated rings. The van der Waals surface area contributed by atoms with Crippen LogP contribution in [0.5, 0.6) is 0 Å². The molecule has 78 valence electrons. The molecule has 0 bridgehead atoms. The van der Waals surface area contributed by atoms with E-state index in [-0.39, 0.29) is 12.1 Å². The highest BCUT2D eigenvalue weighted by Crippen LogP contribution is 2.25. The zero-order valence-corrected chi connectivity index (χ0v) is 9.06. The number of nitrogens with zero attached hydrogens (tertiary/aromatic N) is 1. The molecule has 0 saturated heterocycles. The van der Waals surface area contributed by atoms with E-state index < -0.39 is 6.17 Å². The van der Waals surface area contributed by atoms with Crippen LogP contribution in [0.15, 0.2) is 11.6 Å². The summed E-state index contributed by atoms with van der Waals surface area (Å²) in [6.45, 7) is 2.05. The minimum absolute atomic E-state index is 0.0360. The lowest BCUT2D eigenvalue weighted by atomic mass is 10.2. The lowest BCUT2D eigenvalue weighted by Crippen LogP contribution is -2.35. The number of thiazole rings is 1. The molecule has 0 spiro atoms. The van der Waals surface area contributed by atoms with Gasteiger partial charge in [-0.05, 0) is 26.2 Å². The topological polar surface area (TPSA) is 24.9 Å². The first-order chi connectivity index (χ1) is 6.77. The number of alkyl halides is 1. The third kappa shape index (κ3) is 2.12. The van der Waals surface area contributed by atoms with Crippen LogP contribution in [0, 0.1) is 0 Å². The SMILES string of the molecule is CC(N[C@@H]1CCC[C@@H]1F)c1nccs1. The molecular weight excluding hydrogens is 199 g/mol. The molecule has 0 aliphatic heterocycles. The molecule has 0 aromatic carbocycles. The van der Waals surface area contributed by atoms with Gasteiger partial charge < -0.3 is 5.32 Å². The highest BCUT2D eigenvalue weighted by Gasteiger charge is 2.28. The highest BCUT2D eigenvalue weighted by molar-refractivity contribution is 7.09. The van der Waals surface area contributed by atoms with Gasteiger partial charge in [0.05, 0.1) is 6.04 Å². The van der Waals surface area contributed by atoms with E-state index in [0.29, 0.717) is 6.42 Å². The third-order valence-electron chi connectivity index (χ3n) is 2.72. The second-order valence-corrected chi connectivity index (χ2v) is 4.74. The number of hydrogen-bond donors (Lipinski definition) is 1. The Hall–Kier alpha value is -0.480. The van der Waals surface area contributed by atoms with E-state index >= 15 is 0 Å². The minimum Gasteiger partial charge on any atom is -0.302 e. The van der Waals surface area contributed by atoms with Crippen LogP contribution >= 0.6 is 11.3 Å². The maximum atomic E-state index is 13.3. The van der Waals surface area contributed by atoms with Crippen LogP contribution in [0.1, 0.15) is 37.2 Å². The summed E-state index contributed by atoms with van der Waals surface area (Å²) in [6.07, 6.45) is 3.79. The van der Waals surface area contributed by atoms with E-state index in [9.17, 15) is 4.39 Å². The van der Waals surface area contributed by atoms with Gasteiger partial charge in [-0.3, -0.25) is 0 Å². The molecule has 1 aliphatic rings. The summed E-state index contributed by atoms with van der Waals surface area (Å²) in [6, 6.07) is 0.213. The Morgan fingerprint density at radius 1 is 1.64 bits per heavy atom. The van der Waals surface area contributed by atoms with Gasteiger partial charge >= 0.3 is 0 Å². The third-order valence-corrected chi connectivity index (χ3v) is 3.68. The van der Waals surface area contributed by atoms with Crippen LogP contribution in [-0.4, -0.2) is 17.2 Å². The van der Waals surface area contributed by atoms with Gasteiger partial charge in [0.25, 0.3) is 0 Å². The first-order valence-corrected chi connectivity index (χ1v) is 5.95. The van der Waals surface area contributed by atoms with Crippen molar-refractivity contribution in [2.24, 2.45) is 0 Å². The first kappa shape index (κ1) is 10.1. The molecule has 2 nitrogen and oxygen atoms in total. The fourth-order valence-corrected chi connectivity index (χ4v) is 2.60. The quantitative estimate of drug-likeness (QED) is 0.836. The smallest absolute Gasteiger partial charge is 0.115 e. The standard InChI is InChI=1S/C10H15FN2S/c1-7(10-12-5-6-14-10)13-9-4-2-3-8(9)11/h5-9,13H,2-4H2,1H3/t7?,8-,9+/m0/s1. The van der Waals surface area contributed by atoms with Crippen molar-refractivity contribution < 1.29 is 4.39 Å². The van der Waals surface area contributed by atoms with Crippen LogP contribution in [0.3, 0.4) is 0 Å². The van der Waals surface area contributed by atoms with Crippen molar-refractivity contribution in [2.75, 3.05) is 0 Å². The molecule has 2 rings (SSSR count). The van der Waals surface area contributed by atoms with Crippen LogP contribution in [-0.2, 0) is 0 Å². The van der Waals surface area contributed by atoms with Crippen molar-refractivity contribution in [3.8, 4) is 0 Å². The van der Waals surface area contributed by atoms with Gasteiger partial charge in [-0.25, -0.2) is 9.37 Å². The largest absolute Gasteiger partial charge is 0.302 e. The zero-order chi connectivity index (χ0) is 9.97. The van der Waals surface area contributed by atoms with Gasteiger partial charge in [-0.2, -0.15) is 0 Å². The summed E-state index contributed by atoms with van der Waals surface area (Å²) in [4.78, 5) is 4.22. The summed E-state index contributed by atoms with van der Waals surface area (Å²) in [7, 11) is 0. The van der Waals surface area contributed by atoms with E-state index in [0.717, 1.165) is 17.8 Å². The molecule has 0 radical (unpaired) electrons. The van der Waals surface area contributed by atoms with Crippen molar-refractivity contribution in [3.05, 3.63) is 16.6 Å². The molecule has 1 unspecified atom stereocenters. The van der Waals surface area contributed by atoms with Gasteiger partial charge in [0.1, 0.15) is 11.2 Å². The normalized spacial score (nSPS) is 29.3. The van der Waals surface area contributed by atoms with E-state index in [1.54, 1.807) is 17.5 Å². The molecule has 1 saturated carbocycles. The Morgan fingerprint density at radius 2 is 2.50 bits per heavy atom. The zero-order valence-electron chi connectivity index (χ0n) is 8.24. The van der Waals surface area contributed by atoms with Crippen molar-refractivity contribution >= 4 is 11.3 Å². The highest BCUT2D eigenvalue weighted by atomic mass is 32.1. The van der Waals surface area contributed by atoms with Gasteiger partial charge in [-0.15, -0.1) is 11.3 Å². The Bertz CT molecular complexity index is 276. The number of aromatic nitrogens is 1. The number of halogens is 1. The Balaban J connectivity index is 1.91. The van der Waals surface area contributed by atoms with Gasteiger partial charge in [-0.1, -0.05) is 0 Å². The molecule has 4 heteroatoms. The van der Waals surface area contributed by atoms with E-state index in [4.69, 9.17) is 0 Å². The molecule has 3 atom stereocenters. The van der Waals surface area contributed by atoms with Crippen LogP contribution in [0.4, 0.5) is 4.39 Å². The van der Waals surface area contributed by atoms with E-state index in [1.165, 1.54) is 0 Å². The molecule has 14 heavy (non-hydrogen) atoms. The second kappa shape index (κ2) is 4.36. The molecule has 1 N–H and O–H groups in total. The average molecular weight is 214 g/mol. The van der Waals surface area contributed by atoms with Crippen LogP contribution in [0.25, 0.3) is 0 Å². The van der Waals surface area contributed by atoms with Crippen LogP contribution in [0.2, 0.25) is 0 Å². The fourth-order valence-electron chi connectivity index (χ4n) is 1.94. The Labute approximate surface area is 87.6 Å². The van der Waals surface area contributed by atoms with Gasteiger partial charge in [0.15, 0.2) is 0 Å². The number of rotatable bonds is 3. The molecular formula is C10H15FN2S. The lowest BCUT2D eigenvalue weighted by molar-refractivity contribution is 0.267. The van der Waals surface area contributed by atoms with Crippen molar-refractivity contribution in [3.63, 3.8) is 0 Å². The Kier molecular flexibility index (Phi) is 3.13. The van der Waals surface area contributed by atoms with Gasteiger partial charge in [0, 0.05) is 17.6 Å². The fraction of sp³-hybridized carbons (Fsp3) is 0.700. The number of nitrogens with one attached hydrogen (secondary N) is 1. The predicted octanol–water partition coefficient (Wildman–Crippen LogP) is 2.68. The van der Waals surface area contributed by atoms with Crippen molar-refractivity contribution in [2.45, 2.75) is 44.4 Å². The molecule has 1 aromatic heterocycles.